The van der Waals surface area contributed by atoms with E-state index in [0.29, 0.717) is 0 Å². The molecule has 20 rings (SSSR count). The van der Waals surface area contributed by atoms with E-state index in [-0.39, 0.29) is 0 Å². The molecule has 0 spiro atoms. The average Bonchev–Trinajstić information content (AvgIpc) is 1.56. The summed E-state index contributed by atoms with van der Waals surface area (Å²) in [5, 5.41) is 10.2. The summed E-state index contributed by atoms with van der Waals surface area (Å²) in [7, 11) is 0. The third-order valence-electron chi connectivity index (χ3n) is 20.2. The fraction of sp³-hybridized carbons (Fsp3) is 0. The van der Waals surface area contributed by atoms with Crippen molar-refractivity contribution in [1.82, 2.24) is 18.3 Å². The summed E-state index contributed by atoms with van der Waals surface area (Å²) in [4.78, 5) is 0. The molecule has 16 aromatic carbocycles. The SMILES string of the molecule is c1ccc(-c2ccc(-n3c4ccccc4c4c5c6ccccc6n(-c6cccc(-c7cccc(-c8ccccc8)c7)c6)c5ccc43)cc2)cc1.c1ccc(-c2cccc(-c3ccc(-n4c5ccccc5c5c6c7ccccc7n(-c7cccc(-c8ccccc8)c7)c6ccc54)cc3)c2)cc1. The van der Waals surface area contributed by atoms with Gasteiger partial charge in [0.05, 0.1) is 44.1 Å². The van der Waals surface area contributed by atoms with Gasteiger partial charge in [0, 0.05) is 65.8 Å². The minimum Gasteiger partial charge on any atom is -0.309 e. The first kappa shape index (κ1) is 58.1. The van der Waals surface area contributed by atoms with Crippen LogP contribution in [-0.4, -0.2) is 18.3 Å². The number of aromatic nitrogens is 4. The largest absolute Gasteiger partial charge is 0.309 e. The highest BCUT2D eigenvalue weighted by Gasteiger charge is 2.23. The molecule has 4 nitrogen and oxygen atoms in total. The number of hydrogen-bond donors (Lipinski definition) is 0. The van der Waals surface area contributed by atoms with Gasteiger partial charge in [-0.25, -0.2) is 0 Å². The minimum absolute atomic E-state index is 1.15. The van der Waals surface area contributed by atoms with Crippen molar-refractivity contribution >= 4 is 87.2 Å². The average molecular weight is 1270 g/mol. The molecule has 0 fully saturated rings. The fourth-order valence-electron chi connectivity index (χ4n) is 15.7. The highest BCUT2D eigenvalue weighted by molar-refractivity contribution is 6.30. The maximum absolute atomic E-state index is 2.44. The summed E-state index contributed by atoms with van der Waals surface area (Å²) in [6, 6.07) is 141. The van der Waals surface area contributed by atoms with Gasteiger partial charge in [-0.15, -0.1) is 0 Å². The summed E-state index contributed by atoms with van der Waals surface area (Å²) in [5.41, 5.74) is 28.9. The predicted octanol–water partition coefficient (Wildman–Crippen LogP) is 25.8. The molecule has 4 heterocycles. The molecule has 0 saturated heterocycles. The number of hydrogen-bond acceptors (Lipinski definition) is 0. The number of rotatable bonds is 10. The zero-order valence-corrected chi connectivity index (χ0v) is 54.7. The van der Waals surface area contributed by atoms with Gasteiger partial charge in [0.1, 0.15) is 0 Å². The van der Waals surface area contributed by atoms with Crippen molar-refractivity contribution in [3.8, 4) is 89.5 Å². The van der Waals surface area contributed by atoms with E-state index >= 15 is 0 Å². The van der Waals surface area contributed by atoms with Crippen LogP contribution >= 0.6 is 0 Å². The second-order valence-corrected chi connectivity index (χ2v) is 25.9. The molecule has 468 valence electrons. The Morgan fingerprint density at radius 3 is 0.650 bits per heavy atom. The highest BCUT2D eigenvalue weighted by atomic mass is 15.0. The topological polar surface area (TPSA) is 19.7 Å². The third kappa shape index (κ3) is 9.92. The quantitative estimate of drug-likeness (QED) is 0.130. The van der Waals surface area contributed by atoms with Gasteiger partial charge in [0.25, 0.3) is 0 Å². The summed E-state index contributed by atoms with van der Waals surface area (Å²) >= 11 is 0. The molecule has 0 bridgehead atoms. The standard InChI is InChI=1S/2C48H32N2/c1-3-13-33(14-4-1)36-17-11-18-37(31-36)35-25-27-39(28-26-35)49-43-23-9-7-21-41(43)47-45(49)29-30-46-48(47)42-22-8-10-24-44(42)50(46)40-20-12-19-38(32-40)34-15-5-2-6-16-34;1-3-13-33(14-4-1)35-25-27-39(28-26-35)49-43-23-9-7-21-41(43)47-45(49)29-30-46-48(47)42-22-8-10-24-44(42)50(46)40-20-12-19-38(32-40)37-18-11-17-36(31-37)34-15-5-2-6-16-34/h2*1-32H. The van der Waals surface area contributed by atoms with Gasteiger partial charge < -0.3 is 18.3 Å². The van der Waals surface area contributed by atoms with Crippen molar-refractivity contribution in [2.24, 2.45) is 0 Å². The molecule has 0 atom stereocenters. The van der Waals surface area contributed by atoms with E-state index in [9.17, 15) is 0 Å². The molecule has 0 radical (unpaired) electrons. The minimum atomic E-state index is 1.15. The Bertz CT molecular complexity index is 6470. The molecule has 0 amide bonds. The Hall–Kier alpha value is -13.3. The maximum Gasteiger partial charge on any atom is 0.0548 e. The van der Waals surface area contributed by atoms with Crippen LogP contribution in [0, 0.1) is 0 Å². The molecule has 0 saturated carbocycles. The van der Waals surface area contributed by atoms with E-state index in [4.69, 9.17) is 0 Å². The normalized spacial score (nSPS) is 11.6. The van der Waals surface area contributed by atoms with E-state index in [0.717, 1.165) is 22.7 Å². The smallest absolute Gasteiger partial charge is 0.0548 e. The van der Waals surface area contributed by atoms with E-state index in [1.807, 2.05) is 0 Å². The molecule has 0 unspecified atom stereocenters. The zero-order valence-electron chi connectivity index (χ0n) is 54.7. The molecule has 4 aromatic heterocycles. The second-order valence-electron chi connectivity index (χ2n) is 25.9. The van der Waals surface area contributed by atoms with Gasteiger partial charge in [-0.3, -0.25) is 0 Å². The van der Waals surface area contributed by atoms with Crippen LogP contribution in [0.25, 0.3) is 177 Å². The van der Waals surface area contributed by atoms with Gasteiger partial charge in [0.15, 0.2) is 0 Å². The third-order valence-corrected chi connectivity index (χ3v) is 20.2. The summed E-state index contributed by atoms with van der Waals surface area (Å²) in [6.07, 6.45) is 0. The van der Waals surface area contributed by atoms with Crippen LogP contribution in [0.5, 0.6) is 0 Å². The molecule has 0 N–H and O–H groups in total. The number of fused-ring (bicyclic) bond motifs is 14. The lowest BCUT2D eigenvalue weighted by atomic mass is 9.99. The van der Waals surface area contributed by atoms with Gasteiger partial charge in [0.2, 0.25) is 0 Å². The Labute approximate surface area is 579 Å². The van der Waals surface area contributed by atoms with Crippen molar-refractivity contribution in [1.29, 1.82) is 0 Å². The number of nitrogens with zero attached hydrogens (tertiary/aromatic N) is 4. The first-order chi connectivity index (χ1) is 49.6. The summed E-state index contributed by atoms with van der Waals surface area (Å²) in [6.45, 7) is 0. The van der Waals surface area contributed by atoms with Crippen LogP contribution in [0.3, 0.4) is 0 Å². The number of para-hydroxylation sites is 4. The molecule has 100 heavy (non-hydrogen) atoms. The Balaban J connectivity index is 0.000000139. The Kier molecular flexibility index (Phi) is 14.2. The zero-order chi connectivity index (χ0) is 66.0. The van der Waals surface area contributed by atoms with Crippen LogP contribution in [0.2, 0.25) is 0 Å². The summed E-state index contributed by atoms with van der Waals surface area (Å²) in [5.74, 6) is 0. The van der Waals surface area contributed by atoms with Crippen LogP contribution in [0.15, 0.2) is 388 Å². The van der Waals surface area contributed by atoms with Crippen molar-refractivity contribution in [2.75, 3.05) is 0 Å². The molecular formula is C96H64N4. The van der Waals surface area contributed by atoms with Gasteiger partial charge in [-0.1, -0.05) is 279 Å². The molecule has 0 aliphatic rings. The molecule has 20 aromatic rings. The molecule has 0 aliphatic heterocycles. The van der Waals surface area contributed by atoms with Crippen molar-refractivity contribution in [3.63, 3.8) is 0 Å². The molecule has 0 aliphatic carbocycles. The fourth-order valence-corrected chi connectivity index (χ4v) is 15.7. The van der Waals surface area contributed by atoms with Crippen molar-refractivity contribution in [2.45, 2.75) is 0 Å². The molecule has 4 heteroatoms. The van der Waals surface area contributed by atoms with E-state index in [2.05, 4.69) is 407 Å². The van der Waals surface area contributed by atoms with E-state index in [1.54, 1.807) is 0 Å². The lowest BCUT2D eigenvalue weighted by Gasteiger charge is -2.12. The van der Waals surface area contributed by atoms with E-state index < -0.39 is 0 Å². The van der Waals surface area contributed by atoms with Gasteiger partial charge >= 0.3 is 0 Å². The first-order valence-electron chi connectivity index (χ1n) is 34.4. The van der Waals surface area contributed by atoms with Crippen molar-refractivity contribution in [3.05, 3.63) is 388 Å². The highest BCUT2D eigenvalue weighted by Crippen LogP contribution is 2.46. The van der Waals surface area contributed by atoms with Crippen LogP contribution < -0.4 is 0 Å². The molecular weight excluding hydrogens is 1210 g/mol. The maximum atomic E-state index is 2.44. The van der Waals surface area contributed by atoms with Gasteiger partial charge in [-0.2, -0.15) is 0 Å². The van der Waals surface area contributed by atoms with Crippen LogP contribution in [-0.2, 0) is 0 Å². The number of benzene rings is 16. The Morgan fingerprint density at radius 1 is 0.120 bits per heavy atom. The van der Waals surface area contributed by atoms with Crippen LogP contribution in [0.1, 0.15) is 0 Å². The lowest BCUT2D eigenvalue weighted by molar-refractivity contribution is 1.17. The lowest BCUT2D eigenvalue weighted by Crippen LogP contribution is -1.95. The van der Waals surface area contributed by atoms with Crippen LogP contribution in [0.4, 0.5) is 0 Å². The summed E-state index contributed by atoms with van der Waals surface area (Å²) < 4.78 is 9.72. The second kappa shape index (κ2) is 24.4. The van der Waals surface area contributed by atoms with E-state index in [1.165, 1.54) is 154 Å². The Morgan fingerprint density at radius 2 is 0.330 bits per heavy atom. The van der Waals surface area contributed by atoms with Crippen molar-refractivity contribution < 1.29 is 0 Å². The first-order valence-corrected chi connectivity index (χ1v) is 34.4. The monoisotopic (exact) mass is 1270 g/mol. The predicted molar refractivity (Wildman–Crippen MR) is 423 cm³/mol. The van der Waals surface area contributed by atoms with Gasteiger partial charge in [-0.05, 0) is 176 Å².